The molecule has 0 saturated carbocycles. The second kappa shape index (κ2) is 5.91. The molecule has 2 atom stereocenters. The number of aromatic nitrogens is 3. The summed E-state index contributed by atoms with van der Waals surface area (Å²) in [6, 6.07) is 2.46. The Balaban J connectivity index is 2.51. The Morgan fingerprint density at radius 2 is 2.11 bits per heavy atom. The van der Waals surface area contributed by atoms with Crippen LogP contribution in [0.3, 0.4) is 0 Å². The highest BCUT2D eigenvalue weighted by atomic mass is 35.5. The summed E-state index contributed by atoms with van der Waals surface area (Å²) in [4.78, 5) is 9.23. The topological polar surface area (TPSA) is 30.7 Å². The SMILES string of the molecule is CCCCC(C)n1c(C(C)Cl)nc2cc(C)cnc21. The van der Waals surface area contributed by atoms with E-state index in [0.29, 0.717) is 6.04 Å². The average Bonchev–Trinajstić information content (AvgIpc) is 2.74. The Morgan fingerprint density at radius 1 is 1.37 bits per heavy atom. The molecule has 2 heterocycles. The van der Waals surface area contributed by atoms with Crippen LogP contribution in [0.4, 0.5) is 0 Å². The van der Waals surface area contributed by atoms with Gasteiger partial charge in [-0.2, -0.15) is 0 Å². The molecule has 0 N–H and O–H groups in total. The molecule has 0 aliphatic heterocycles. The molecular formula is C15H22ClN3. The number of imidazole rings is 1. The van der Waals surface area contributed by atoms with Gasteiger partial charge in [0.15, 0.2) is 5.65 Å². The minimum absolute atomic E-state index is 0.0985. The molecule has 0 radical (unpaired) electrons. The highest BCUT2D eigenvalue weighted by Crippen LogP contribution is 2.29. The molecular weight excluding hydrogens is 258 g/mol. The highest BCUT2D eigenvalue weighted by molar-refractivity contribution is 6.20. The maximum Gasteiger partial charge on any atom is 0.160 e. The van der Waals surface area contributed by atoms with E-state index in [0.717, 1.165) is 29.0 Å². The van der Waals surface area contributed by atoms with E-state index < -0.39 is 0 Å². The Morgan fingerprint density at radius 3 is 2.74 bits per heavy atom. The first-order valence-electron chi connectivity index (χ1n) is 7.03. The maximum absolute atomic E-state index is 6.29. The molecule has 0 aliphatic carbocycles. The van der Waals surface area contributed by atoms with Crippen LogP contribution in [0, 0.1) is 6.92 Å². The second-order valence-electron chi connectivity index (χ2n) is 5.30. The van der Waals surface area contributed by atoms with Crippen molar-refractivity contribution in [3.63, 3.8) is 0 Å². The standard InChI is InChI=1S/C15H22ClN3/c1-5-6-7-11(3)19-14(12(4)16)18-13-8-10(2)9-17-15(13)19/h8-9,11-12H,5-7H2,1-4H3. The van der Waals surface area contributed by atoms with Gasteiger partial charge < -0.3 is 4.57 Å². The Kier molecular flexibility index (Phi) is 4.46. The molecule has 0 fully saturated rings. The lowest BCUT2D eigenvalue weighted by molar-refractivity contribution is 0.478. The van der Waals surface area contributed by atoms with Gasteiger partial charge in [0, 0.05) is 12.2 Å². The molecule has 104 valence electrons. The van der Waals surface area contributed by atoms with Crippen molar-refractivity contribution in [3.05, 3.63) is 23.7 Å². The molecule has 2 rings (SSSR count). The minimum Gasteiger partial charge on any atom is -0.309 e. The third-order valence-electron chi connectivity index (χ3n) is 3.47. The molecule has 2 unspecified atom stereocenters. The Labute approximate surface area is 120 Å². The van der Waals surface area contributed by atoms with Crippen LogP contribution in [0.5, 0.6) is 0 Å². The summed E-state index contributed by atoms with van der Waals surface area (Å²) in [6.45, 7) is 8.45. The van der Waals surface area contributed by atoms with Gasteiger partial charge in [0.05, 0.1) is 5.38 Å². The zero-order chi connectivity index (χ0) is 14.0. The van der Waals surface area contributed by atoms with Gasteiger partial charge in [-0.05, 0) is 38.8 Å². The normalized spacial score (nSPS) is 14.8. The summed E-state index contributed by atoms with van der Waals surface area (Å²) in [5.41, 5.74) is 3.04. The van der Waals surface area contributed by atoms with Gasteiger partial charge in [0.2, 0.25) is 0 Å². The first-order valence-corrected chi connectivity index (χ1v) is 7.46. The monoisotopic (exact) mass is 279 g/mol. The number of pyridine rings is 1. The number of rotatable bonds is 5. The fourth-order valence-electron chi connectivity index (χ4n) is 2.44. The third kappa shape index (κ3) is 2.92. The molecule has 0 saturated heterocycles. The van der Waals surface area contributed by atoms with Crippen molar-refractivity contribution in [1.29, 1.82) is 0 Å². The van der Waals surface area contributed by atoms with Crippen LogP contribution in [-0.2, 0) is 0 Å². The number of aryl methyl sites for hydroxylation is 1. The van der Waals surface area contributed by atoms with Gasteiger partial charge in [-0.25, -0.2) is 9.97 Å². The van der Waals surface area contributed by atoms with Crippen molar-refractivity contribution in [2.75, 3.05) is 0 Å². The van der Waals surface area contributed by atoms with Gasteiger partial charge in [0.25, 0.3) is 0 Å². The summed E-state index contributed by atoms with van der Waals surface area (Å²) < 4.78 is 2.21. The lowest BCUT2D eigenvalue weighted by atomic mass is 10.1. The number of hydrogen-bond donors (Lipinski definition) is 0. The van der Waals surface area contributed by atoms with Crippen LogP contribution >= 0.6 is 11.6 Å². The van der Waals surface area contributed by atoms with E-state index in [1.165, 1.54) is 12.8 Å². The predicted octanol–water partition coefficient (Wildman–Crippen LogP) is 4.79. The summed E-state index contributed by atoms with van der Waals surface area (Å²) >= 11 is 6.29. The number of unbranched alkanes of at least 4 members (excludes halogenated alkanes) is 1. The number of halogens is 1. The Bertz CT molecular complexity index is 560. The van der Waals surface area contributed by atoms with Crippen molar-refractivity contribution in [1.82, 2.24) is 14.5 Å². The van der Waals surface area contributed by atoms with E-state index in [-0.39, 0.29) is 5.38 Å². The molecule has 0 amide bonds. The van der Waals surface area contributed by atoms with Gasteiger partial charge in [-0.15, -0.1) is 11.6 Å². The van der Waals surface area contributed by atoms with Crippen LogP contribution in [0.2, 0.25) is 0 Å². The van der Waals surface area contributed by atoms with Crippen molar-refractivity contribution in [3.8, 4) is 0 Å². The molecule has 0 spiro atoms. The van der Waals surface area contributed by atoms with E-state index in [1.54, 1.807) is 0 Å². The third-order valence-corrected chi connectivity index (χ3v) is 3.66. The zero-order valence-electron chi connectivity index (χ0n) is 12.2. The van der Waals surface area contributed by atoms with Gasteiger partial charge in [-0.3, -0.25) is 0 Å². The van der Waals surface area contributed by atoms with Gasteiger partial charge in [0.1, 0.15) is 11.3 Å². The number of hydrogen-bond acceptors (Lipinski definition) is 2. The summed E-state index contributed by atoms with van der Waals surface area (Å²) in [6.07, 6.45) is 5.45. The van der Waals surface area contributed by atoms with E-state index in [2.05, 4.69) is 34.4 Å². The highest BCUT2D eigenvalue weighted by Gasteiger charge is 2.19. The first kappa shape index (κ1) is 14.3. The van der Waals surface area contributed by atoms with E-state index in [1.807, 2.05) is 20.0 Å². The van der Waals surface area contributed by atoms with Crippen LogP contribution in [-0.4, -0.2) is 14.5 Å². The fraction of sp³-hybridized carbons (Fsp3) is 0.600. The molecule has 2 aromatic rings. The largest absolute Gasteiger partial charge is 0.309 e. The molecule has 19 heavy (non-hydrogen) atoms. The molecule has 4 heteroatoms. The van der Waals surface area contributed by atoms with Crippen molar-refractivity contribution in [2.45, 2.75) is 58.4 Å². The quantitative estimate of drug-likeness (QED) is 0.737. The molecule has 0 bridgehead atoms. The molecule has 0 aliphatic rings. The van der Waals surface area contributed by atoms with Gasteiger partial charge in [-0.1, -0.05) is 19.8 Å². The lowest BCUT2D eigenvalue weighted by Gasteiger charge is -2.17. The van der Waals surface area contributed by atoms with Crippen LogP contribution in [0.15, 0.2) is 12.3 Å². The number of alkyl halides is 1. The summed E-state index contributed by atoms with van der Waals surface area (Å²) in [5, 5.41) is -0.0985. The Hall–Kier alpha value is -1.09. The first-order chi connectivity index (χ1) is 9.04. The van der Waals surface area contributed by atoms with Crippen LogP contribution < -0.4 is 0 Å². The second-order valence-corrected chi connectivity index (χ2v) is 5.96. The van der Waals surface area contributed by atoms with Crippen LogP contribution in [0.25, 0.3) is 11.2 Å². The van der Waals surface area contributed by atoms with E-state index in [4.69, 9.17) is 11.6 Å². The zero-order valence-corrected chi connectivity index (χ0v) is 12.9. The lowest BCUT2D eigenvalue weighted by Crippen LogP contribution is -2.10. The van der Waals surface area contributed by atoms with E-state index >= 15 is 0 Å². The van der Waals surface area contributed by atoms with Crippen LogP contribution in [0.1, 0.15) is 62.8 Å². The van der Waals surface area contributed by atoms with Crippen molar-refractivity contribution in [2.24, 2.45) is 0 Å². The molecule has 2 aromatic heterocycles. The summed E-state index contributed by atoms with van der Waals surface area (Å²) in [5.74, 6) is 0.929. The fourth-order valence-corrected chi connectivity index (χ4v) is 2.60. The minimum atomic E-state index is -0.0985. The van der Waals surface area contributed by atoms with E-state index in [9.17, 15) is 0 Å². The average molecular weight is 280 g/mol. The van der Waals surface area contributed by atoms with Crippen molar-refractivity contribution < 1.29 is 0 Å². The molecule has 3 nitrogen and oxygen atoms in total. The smallest absolute Gasteiger partial charge is 0.160 e. The number of nitrogens with zero attached hydrogens (tertiary/aromatic N) is 3. The maximum atomic E-state index is 6.29. The van der Waals surface area contributed by atoms with Gasteiger partial charge >= 0.3 is 0 Å². The number of fused-ring (bicyclic) bond motifs is 1. The molecule has 0 aromatic carbocycles. The predicted molar refractivity (Wildman–Crippen MR) is 80.8 cm³/mol. The summed E-state index contributed by atoms with van der Waals surface area (Å²) in [7, 11) is 0. The van der Waals surface area contributed by atoms with Crippen molar-refractivity contribution >= 4 is 22.8 Å².